The molecule has 0 radical (unpaired) electrons. The normalized spacial score (nSPS) is 16.1. The third-order valence-electron chi connectivity index (χ3n) is 2.64. The third kappa shape index (κ3) is 5.80. The molecular weight excluding hydrogens is 265 g/mol. The minimum Gasteiger partial charge on any atom is -0.481 e. The Morgan fingerprint density at radius 1 is 1.32 bits per heavy atom. The van der Waals surface area contributed by atoms with Gasteiger partial charge in [0.2, 0.25) is 0 Å². The number of rotatable bonds is 5. The zero-order valence-corrected chi connectivity index (χ0v) is 10.8. The number of carboxylic acids is 1. The molecule has 0 saturated heterocycles. The predicted octanol–water partition coefficient (Wildman–Crippen LogP) is 1.98. The van der Waals surface area contributed by atoms with Gasteiger partial charge in [0.1, 0.15) is 6.54 Å². The molecule has 0 bridgehead atoms. The van der Waals surface area contributed by atoms with E-state index in [9.17, 15) is 22.8 Å². The number of urea groups is 1. The lowest BCUT2D eigenvalue weighted by atomic mass is 10.0. The lowest BCUT2D eigenvalue weighted by Crippen LogP contribution is -2.53. The van der Waals surface area contributed by atoms with Gasteiger partial charge in [0.05, 0.1) is 6.42 Å². The Morgan fingerprint density at radius 3 is 2.21 bits per heavy atom. The summed E-state index contributed by atoms with van der Waals surface area (Å²) in [7, 11) is 0. The number of nitrogens with one attached hydrogen (secondary N) is 1. The van der Waals surface area contributed by atoms with Crippen LogP contribution in [0.4, 0.5) is 18.0 Å². The maximum Gasteiger partial charge on any atom is 0.406 e. The van der Waals surface area contributed by atoms with E-state index in [0.717, 1.165) is 4.90 Å². The maximum atomic E-state index is 12.4. The molecule has 8 heteroatoms. The summed E-state index contributed by atoms with van der Waals surface area (Å²) >= 11 is 0. The summed E-state index contributed by atoms with van der Waals surface area (Å²) in [5.41, 5.74) is -1.10. The standard InChI is InChI=1S/C11H17F3N2O3/c1-10(2,5-8(17)18)15-9(19)16(7-3-4-7)6-11(12,13)14/h7H,3-6H2,1-2H3,(H,15,19)(H,17,18). The highest BCUT2D eigenvalue weighted by atomic mass is 19.4. The van der Waals surface area contributed by atoms with Crippen molar-refractivity contribution in [2.24, 2.45) is 0 Å². The van der Waals surface area contributed by atoms with E-state index in [0.29, 0.717) is 12.8 Å². The SMILES string of the molecule is CC(C)(CC(=O)O)NC(=O)N(CC(F)(F)F)C1CC1. The Hall–Kier alpha value is -1.47. The minimum absolute atomic E-state index is 0.358. The molecule has 0 aromatic carbocycles. The number of carbonyl (C=O) groups excluding carboxylic acids is 1. The number of nitrogens with zero attached hydrogens (tertiary/aromatic N) is 1. The van der Waals surface area contributed by atoms with Crippen LogP contribution in [0.1, 0.15) is 33.1 Å². The van der Waals surface area contributed by atoms with Crippen molar-refractivity contribution in [3.63, 3.8) is 0 Å². The molecule has 0 aliphatic heterocycles. The van der Waals surface area contributed by atoms with Crippen LogP contribution in [0.25, 0.3) is 0 Å². The Balaban J connectivity index is 2.65. The number of alkyl halides is 3. The van der Waals surface area contributed by atoms with Crippen molar-refractivity contribution in [2.75, 3.05) is 6.54 Å². The summed E-state index contributed by atoms with van der Waals surface area (Å²) in [4.78, 5) is 23.1. The van der Waals surface area contributed by atoms with E-state index in [4.69, 9.17) is 5.11 Å². The molecule has 0 aromatic rings. The van der Waals surface area contributed by atoms with E-state index in [2.05, 4.69) is 5.32 Å². The van der Waals surface area contributed by atoms with Crippen LogP contribution >= 0.6 is 0 Å². The second-order valence-corrected chi connectivity index (χ2v) is 5.36. The highest BCUT2D eigenvalue weighted by Crippen LogP contribution is 2.30. The molecule has 2 amide bonds. The molecule has 0 atom stereocenters. The molecule has 2 N–H and O–H groups in total. The third-order valence-corrected chi connectivity index (χ3v) is 2.64. The number of carbonyl (C=O) groups is 2. The zero-order valence-electron chi connectivity index (χ0n) is 10.8. The van der Waals surface area contributed by atoms with Crippen molar-refractivity contribution in [2.45, 2.75) is 50.9 Å². The van der Waals surface area contributed by atoms with Crippen LogP contribution < -0.4 is 5.32 Å². The van der Waals surface area contributed by atoms with Crippen LogP contribution in [-0.2, 0) is 4.79 Å². The summed E-state index contributed by atoms with van der Waals surface area (Å²) in [6.07, 6.45) is -3.73. The molecule has 110 valence electrons. The number of carboxylic acid groups (broad SMARTS) is 1. The fourth-order valence-electron chi connectivity index (χ4n) is 1.73. The lowest BCUT2D eigenvalue weighted by molar-refractivity contribution is -0.142. The molecular formula is C11H17F3N2O3. The highest BCUT2D eigenvalue weighted by molar-refractivity contribution is 5.77. The van der Waals surface area contributed by atoms with E-state index in [-0.39, 0.29) is 6.42 Å². The number of hydrogen-bond donors (Lipinski definition) is 2. The summed E-state index contributed by atoms with van der Waals surface area (Å²) in [5.74, 6) is -1.13. The first kappa shape index (κ1) is 15.6. The summed E-state index contributed by atoms with van der Waals surface area (Å²) in [6, 6.07) is -1.27. The fourth-order valence-corrected chi connectivity index (χ4v) is 1.73. The second kappa shape index (κ2) is 5.26. The van der Waals surface area contributed by atoms with Gasteiger partial charge in [-0.1, -0.05) is 0 Å². The molecule has 1 fully saturated rings. The lowest BCUT2D eigenvalue weighted by Gasteiger charge is -2.30. The molecule has 1 saturated carbocycles. The van der Waals surface area contributed by atoms with Gasteiger partial charge < -0.3 is 15.3 Å². The van der Waals surface area contributed by atoms with Crippen molar-refractivity contribution in [3.8, 4) is 0 Å². The van der Waals surface area contributed by atoms with Crippen LogP contribution in [0.2, 0.25) is 0 Å². The summed E-state index contributed by atoms with van der Waals surface area (Å²) in [5, 5.41) is 11.0. The monoisotopic (exact) mass is 282 g/mol. The van der Waals surface area contributed by atoms with Gasteiger partial charge in [-0.25, -0.2) is 4.79 Å². The van der Waals surface area contributed by atoms with Crippen LogP contribution in [0.3, 0.4) is 0 Å². The number of hydrogen-bond acceptors (Lipinski definition) is 2. The van der Waals surface area contributed by atoms with Gasteiger partial charge in [-0.2, -0.15) is 13.2 Å². The topological polar surface area (TPSA) is 69.6 Å². The van der Waals surface area contributed by atoms with Crippen molar-refractivity contribution >= 4 is 12.0 Å². The average molecular weight is 282 g/mol. The number of aliphatic carboxylic acids is 1. The van der Waals surface area contributed by atoms with E-state index >= 15 is 0 Å². The van der Waals surface area contributed by atoms with E-state index in [1.165, 1.54) is 13.8 Å². The first-order valence-corrected chi connectivity index (χ1v) is 5.87. The van der Waals surface area contributed by atoms with Crippen LogP contribution in [0, 0.1) is 0 Å². The Bertz CT molecular complexity index is 365. The van der Waals surface area contributed by atoms with Gasteiger partial charge in [-0.05, 0) is 26.7 Å². The van der Waals surface area contributed by atoms with Gasteiger partial charge in [0, 0.05) is 11.6 Å². The first-order valence-electron chi connectivity index (χ1n) is 5.87. The highest BCUT2D eigenvalue weighted by Gasteiger charge is 2.41. The van der Waals surface area contributed by atoms with Crippen LogP contribution in [0.15, 0.2) is 0 Å². The molecule has 1 aliphatic rings. The average Bonchev–Trinajstić information content (AvgIpc) is 2.91. The summed E-state index contributed by atoms with van der Waals surface area (Å²) < 4.78 is 37.1. The zero-order chi connectivity index (χ0) is 14.8. The molecule has 1 rings (SSSR count). The first-order chi connectivity index (χ1) is 8.50. The van der Waals surface area contributed by atoms with Crippen molar-refractivity contribution < 1.29 is 27.9 Å². The van der Waals surface area contributed by atoms with Gasteiger partial charge in [0.15, 0.2) is 0 Å². The van der Waals surface area contributed by atoms with Crippen LogP contribution in [0.5, 0.6) is 0 Å². The van der Waals surface area contributed by atoms with Gasteiger partial charge >= 0.3 is 18.2 Å². The molecule has 0 spiro atoms. The number of halogens is 3. The molecule has 19 heavy (non-hydrogen) atoms. The van der Waals surface area contributed by atoms with E-state index in [1.54, 1.807) is 0 Å². The molecule has 5 nitrogen and oxygen atoms in total. The van der Waals surface area contributed by atoms with Crippen molar-refractivity contribution in [1.82, 2.24) is 10.2 Å². The Morgan fingerprint density at radius 2 is 1.84 bits per heavy atom. The van der Waals surface area contributed by atoms with Crippen LogP contribution in [-0.4, -0.2) is 46.3 Å². The maximum absolute atomic E-state index is 12.4. The van der Waals surface area contributed by atoms with Gasteiger partial charge in [-0.3, -0.25) is 4.79 Å². The number of amides is 2. The van der Waals surface area contributed by atoms with Gasteiger partial charge in [-0.15, -0.1) is 0 Å². The van der Waals surface area contributed by atoms with Crippen molar-refractivity contribution in [3.05, 3.63) is 0 Å². The largest absolute Gasteiger partial charge is 0.481 e. The second-order valence-electron chi connectivity index (χ2n) is 5.36. The van der Waals surface area contributed by atoms with Gasteiger partial charge in [0.25, 0.3) is 0 Å². The fraction of sp³-hybridized carbons (Fsp3) is 0.818. The smallest absolute Gasteiger partial charge is 0.406 e. The Kier molecular flexibility index (Phi) is 4.32. The van der Waals surface area contributed by atoms with E-state index < -0.39 is 36.3 Å². The van der Waals surface area contributed by atoms with E-state index in [1.807, 2.05) is 0 Å². The molecule has 0 heterocycles. The quantitative estimate of drug-likeness (QED) is 0.810. The predicted molar refractivity (Wildman–Crippen MR) is 60.6 cm³/mol. The Labute approximate surface area is 108 Å². The minimum atomic E-state index is -4.46. The summed E-state index contributed by atoms with van der Waals surface area (Å²) in [6.45, 7) is 1.60. The molecule has 0 aromatic heterocycles. The molecule has 0 unspecified atom stereocenters. The van der Waals surface area contributed by atoms with Crippen molar-refractivity contribution in [1.29, 1.82) is 0 Å². The molecule has 1 aliphatic carbocycles.